The molecule has 1 aliphatic rings. The van der Waals surface area contributed by atoms with Crippen LogP contribution < -0.4 is 4.74 Å². The second-order valence-corrected chi connectivity index (χ2v) is 7.84. The molecule has 0 spiro atoms. The highest BCUT2D eigenvalue weighted by molar-refractivity contribution is 6.32. The number of pyridine rings is 1. The number of likely N-dealkylation sites (tertiary alicyclic amines) is 1. The Balaban J connectivity index is 1.68. The monoisotopic (exact) mass is 388 g/mol. The Morgan fingerprint density at radius 3 is 2.63 bits per heavy atom. The van der Waals surface area contributed by atoms with Crippen molar-refractivity contribution in [1.29, 1.82) is 0 Å². The summed E-state index contributed by atoms with van der Waals surface area (Å²) in [6.07, 6.45) is 4.60. The molecule has 2 heterocycles. The Bertz CT molecular complexity index is 832. The quantitative estimate of drug-likeness (QED) is 0.867. The summed E-state index contributed by atoms with van der Waals surface area (Å²) in [6, 6.07) is 5.55. The smallest absolute Gasteiger partial charge is 0.255 e. The minimum absolute atomic E-state index is 0.109. The van der Waals surface area contributed by atoms with Gasteiger partial charge in [-0.2, -0.15) is 0 Å². The van der Waals surface area contributed by atoms with Crippen LogP contribution in [0.1, 0.15) is 39.9 Å². The van der Waals surface area contributed by atoms with Gasteiger partial charge in [0.25, 0.3) is 5.91 Å². The Morgan fingerprint density at radius 1 is 1.26 bits per heavy atom. The summed E-state index contributed by atoms with van der Waals surface area (Å²) in [6.45, 7) is 6.74. The number of aromatic nitrogens is 1. The predicted molar refractivity (Wildman–Crippen MR) is 105 cm³/mol. The highest BCUT2D eigenvalue weighted by Crippen LogP contribution is 2.28. The lowest BCUT2D eigenvalue weighted by Gasteiger charge is -2.39. The highest BCUT2D eigenvalue weighted by atomic mass is 35.5. The van der Waals surface area contributed by atoms with E-state index in [1.165, 1.54) is 0 Å². The molecule has 1 aliphatic heterocycles. The third kappa shape index (κ3) is 4.60. The van der Waals surface area contributed by atoms with Gasteiger partial charge in [-0.1, -0.05) is 11.6 Å². The van der Waals surface area contributed by atoms with E-state index in [9.17, 15) is 9.90 Å². The first-order chi connectivity index (χ1) is 12.8. The maximum Gasteiger partial charge on any atom is 0.255 e. The topological polar surface area (TPSA) is 62.7 Å². The molecule has 1 saturated heterocycles. The van der Waals surface area contributed by atoms with Gasteiger partial charge in [-0.05, 0) is 68.5 Å². The predicted octanol–water partition coefficient (Wildman–Crippen LogP) is 3.71. The minimum atomic E-state index is -1.08. The van der Waals surface area contributed by atoms with E-state index in [4.69, 9.17) is 16.3 Å². The number of piperidine rings is 1. The van der Waals surface area contributed by atoms with E-state index < -0.39 is 5.60 Å². The van der Waals surface area contributed by atoms with Crippen molar-refractivity contribution < 1.29 is 14.6 Å². The summed E-state index contributed by atoms with van der Waals surface area (Å²) in [5.41, 5.74) is 2.28. The standard InChI is InChI=1S/C21H25ClN2O3/c1-14-7-17(11-23-10-14)20(25)24-6-4-5-21(26,12-24)13-27-18-8-15(2)19(22)16(3)9-18/h7-11,26H,4-6,12-13H2,1-3H3. The fourth-order valence-electron chi connectivity index (χ4n) is 3.47. The van der Waals surface area contributed by atoms with Gasteiger partial charge in [0.05, 0.1) is 12.1 Å². The highest BCUT2D eigenvalue weighted by Gasteiger charge is 2.36. The molecule has 0 saturated carbocycles. The van der Waals surface area contributed by atoms with Gasteiger partial charge in [0, 0.05) is 24.0 Å². The van der Waals surface area contributed by atoms with E-state index >= 15 is 0 Å². The number of aliphatic hydroxyl groups is 1. The zero-order chi connectivity index (χ0) is 19.6. The maximum atomic E-state index is 12.8. The largest absolute Gasteiger partial charge is 0.491 e. The van der Waals surface area contributed by atoms with Gasteiger partial charge in [-0.15, -0.1) is 0 Å². The van der Waals surface area contributed by atoms with Crippen LogP contribution >= 0.6 is 11.6 Å². The molecule has 1 aromatic heterocycles. The van der Waals surface area contributed by atoms with Crippen molar-refractivity contribution in [2.45, 2.75) is 39.2 Å². The number of nitrogens with zero attached hydrogens (tertiary/aromatic N) is 2. The van der Waals surface area contributed by atoms with E-state index in [0.29, 0.717) is 24.3 Å². The third-order valence-electron chi connectivity index (χ3n) is 4.88. The molecule has 1 atom stereocenters. The van der Waals surface area contributed by atoms with Crippen LogP contribution in [-0.4, -0.2) is 46.2 Å². The molecule has 1 fully saturated rings. The van der Waals surface area contributed by atoms with Crippen molar-refractivity contribution in [2.75, 3.05) is 19.7 Å². The van der Waals surface area contributed by atoms with Crippen molar-refractivity contribution >= 4 is 17.5 Å². The third-order valence-corrected chi connectivity index (χ3v) is 5.48. The van der Waals surface area contributed by atoms with E-state index in [1.54, 1.807) is 17.3 Å². The van der Waals surface area contributed by atoms with Crippen LogP contribution in [0.2, 0.25) is 5.02 Å². The molecule has 27 heavy (non-hydrogen) atoms. The van der Waals surface area contributed by atoms with Crippen molar-refractivity contribution in [3.05, 3.63) is 57.9 Å². The molecule has 1 aromatic carbocycles. The molecule has 144 valence electrons. The zero-order valence-corrected chi connectivity index (χ0v) is 16.7. The lowest BCUT2D eigenvalue weighted by atomic mass is 9.93. The van der Waals surface area contributed by atoms with Crippen LogP contribution in [0.3, 0.4) is 0 Å². The number of amides is 1. The van der Waals surface area contributed by atoms with Crippen molar-refractivity contribution in [3.63, 3.8) is 0 Å². The maximum absolute atomic E-state index is 12.8. The molecule has 6 heteroatoms. The summed E-state index contributed by atoms with van der Waals surface area (Å²) >= 11 is 6.19. The molecule has 2 aromatic rings. The van der Waals surface area contributed by atoms with Gasteiger partial charge >= 0.3 is 0 Å². The molecule has 1 unspecified atom stereocenters. The van der Waals surface area contributed by atoms with Crippen LogP contribution in [-0.2, 0) is 0 Å². The summed E-state index contributed by atoms with van der Waals surface area (Å²) in [7, 11) is 0. The Kier molecular flexibility index (Phi) is 5.72. The van der Waals surface area contributed by atoms with Crippen molar-refractivity contribution in [3.8, 4) is 5.75 Å². The number of β-amino-alcohol motifs (C(OH)–C–C–N with tert-alkyl or cyclic N) is 1. The number of ether oxygens (including phenoxy) is 1. The van der Waals surface area contributed by atoms with E-state index in [-0.39, 0.29) is 19.1 Å². The Hall–Kier alpha value is -2.11. The van der Waals surface area contributed by atoms with E-state index in [1.807, 2.05) is 39.0 Å². The number of aryl methyl sites for hydroxylation is 3. The van der Waals surface area contributed by atoms with Crippen molar-refractivity contribution in [2.24, 2.45) is 0 Å². The first-order valence-corrected chi connectivity index (χ1v) is 9.48. The molecule has 0 aliphatic carbocycles. The fraction of sp³-hybridized carbons (Fsp3) is 0.429. The number of carbonyl (C=O) groups excluding carboxylic acids is 1. The molecule has 5 nitrogen and oxygen atoms in total. The molecule has 1 amide bonds. The second kappa shape index (κ2) is 7.87. The summed E-state index contributed by atoms with van der Waals surface area (Å²) in [5, 5.41) is 11.7. The van der Waals surface area contributed by atoms with Gasteiger partial charge < -0.3 is 14.7 Å². The van der Waals surface area contributed by atoms with E-state index in [0.717, 1.165) is 28.1 Å². The lowest BCUT2D eigenvalue weighted by molar-refractivity contribution is -0.0532. The second-order valence-electron chi connectivity index (χ2n) is 7.47. The summed E-state index contributed by atoms with van der Waals surface area (Å²) in [4.78, 5) is 18.5. The fourth-order valence-corrected chi connectivity index (χ4v) is 3.57. The molecular weight excluding hydrogens is 364 g/mol. The molecular formula is C21H25ClN2O3. The van der Waals surface area contributed by atoms with Crippen LogP contribution in [0.5, 0.6) is 5.75 Å². The number of hydrogen-bond donors (Lipinski definition) is 1. The van der Waals surface area contributed by atoms with Gasteiger partial charge in [0.2, 0.25) is 0 Å². The average molecular weight is 389 g/mol. The number of halogens is 1. The van der Waals surface area contributed by atoms with Crippen LogP contribution in [0.25, 0.3) is 0 Å². The van der Waals surface area contributed by atoms with Gasteiger partial charge in [0.1, 0.15) is 18.0 Å². The Labute approximate surface area is 164 Å². The first-order valence-electron chi connectivity index (χ1n) is 9.10. The van der Waals surface area contributed by atoms with Gasteiger partial charge in [-0.3, -0.25) is 9.78 Å². The first kappa shape index (κ1) is 19.6. The van der Waals surface area contributed by atoms with Gasteiger partial charge in [0.15, 0.2) is 0 Å². The van der Waals surface area contributed by atoms with Crippen molar-refractivity contribution in [1.82, 2.24) is 9.88 Å². The van der Waals surface area contributed by atoms with Crippen LogP contribution in [0.4, 0.5) is 0 Å². The molecule has 0 radical (unpaired) electrons. The lowest BCUT2D eigenvalue weighted by Crippen LogP contribution is -2.53. The number of hydrogen-bond acceptors (Lipinski definition) is 4. The number of benzene rings is 1. The minimum Gasteiger partial charge on any atom is -0.491 e. The normalized spacial score (nSPS) is 19.8. The van der Waals surface area contributed by atoms with Crippen LogP contribution in [0, 0.1) is 20.8 Å². The molecule has 0 bridgehead atoms. The van der Waals surface area contributed by atoms with Crippen LogP contribution in [0.15, 0.2) is 30.6 Å². The number of carbonyl (C=O) groups is 1. The number of rotatable bonds is 4. The summed E-state index contributed by atoms with van der Waals surface area (Å²) < 4.78 is 5.86. The molecule has 3 rings (SSSR count). The summed E-state index contributed by atoms with van der Waals surface area (Å²) in [5.74, 6) is 0.566. The Morgan fingerprint density at radius 2 is 1.96 bits per heavy atom. The van der Waals surface area contributed by atoms with Gasteiger partial charge in [-0.25, -0.2) is 0 Å². The zero-order valence-electron chi connectivity index (χ0n) is 16.0. The van der Waals surface area contributed by atoms with E-state index in [2.05, 4.69) is 4.98 Å². The SMILES string of the molecule is Cc1cncc(C(=O)N2CCCC(O)(COc3cc(C)c(Cl)c(C)c3)C2)c1. The average Bonchev–Trinajstić information content (AvgIpc) is 2.64. The molecule has 1 N–H and O–H groups in total.